The second-order valence-electron chi connectivity index (χ2n) is 14.0. The molecule has 3 aromatic carbocycles. The summed E-state index contributed by atoms with van der Waals surface area (Å²) in [5.41, 5.74) is 1.44. The van der Waals surface area contributed by atoms with Crippen LogP contribution in [0.15, 0.2) is 54.6 Å². The van der Waals surface area contributed by atoms with Crippen LogP contribution in [0.2, 0.25) is 10.0 Å². The number of rotatable bonds is 13. The van der Waals surface area contributed by atoms with Crippen LogP contribution in [0.5, 0.6) is 23.0 Å². The van der Waals surface area contributed by atoms with Crippen LogP contribution in [0.3, 0.4) is 0 Å². The Morgan fingerprint density at radius 2 is 1.58 bits per heavy atom. The molecular weight excluding hydrogens is 709 g/mol. The molecule has 1 heterocycles. The first kappa shape index (κ1) is 38.9. The second-order valence-corrected chi connectivity index (χ2v) is 14.8. The monoisotopic (exact) mass is 755 g/mol. The van der Waals surface area contributed by atoms with E-state index in [-0.39, 0.29) is 37.6 Å². The Morgan fingerprint density at radius 3 is 2.19 bits per heavy atom. The third kappa shape index (κ3) is 9.95. The smallest absolute Gasteiger partial charge is 0.410 e. The summed E-state index contributed by atoms with van der Waals surface area (Å²) in [6.45, 7) is 8.47. The van der Waals surface area contributed by atoms with E-state index < -0.39 is 23.7 Å². The van der Waals surface area contributed by atoms with E-state index in [4.69, 9.17) is 46.9 Å². The van der Waals surface area contributed by atoms with E-state index in [0.29, 0.717) is 58.1 Å². The fourth-order valence-corrected chi connectivity index (χ4v) is 6.90. The molecule has 52 heavy (non-hydrogen) atoms. The van der Waals surface area contributed by atoms with E-state index in [0.717, 1.165) is 24.0 Å². The van der Waals surface area contributed by atoms with Crippen molar-refractivity contribution in [1.29, 1.82) is 0 Å². The number of carbonyl (C=O) groups excluding carboxylic acids is 3. The molecule has 3 amide bonds. The maximum atomic E-state index is 14.5. The zero-order chi connectivity index (χ0) is 37.6. The van der Waals surface area contributed by atoms with Gasteiger partial charge < -0.3 is 38.8 Å². The maximum absolute atomic E-state index is 14.5. The van der Waals surface area contributed by atoms with Crippen molar-refractivity contribution >= 4 is 41.1 Å². The lowest BCUT2D eigenvalue weighted by atomic mass is 9.90. The second kappa shape index (κ2) is 17.0. The van der Waals surface area contributed by atoms with E-state index in [1.807, 2.05) is 30.0 Å². The summed E-state index contributed by atoms with van der Waals surface area (Å²) in [6.07, 6.45) is 1.61. The summed E-state index contributed by atoms with van der Waals surface area (Å²) in [5.74, 6) is 0.896. The van der Waals surface area contributed by atoms with Crippen molar-refractivity contribution in [2.75, 3.05) is 40.5 Å². The number of nitrogens with one attached hydrogen (secondary N) is 1. The number of likely N-dealkylation sites (tertiary alicyclic amines) is 1. The molecular formula is C39H47Cl2N3O8. The standard InChI is InChI=1S/C39H47Cl2N3O8/c1-24-20-30(40)35(31(41)21-24)51-19-18-50-28-14-10-25(11-15-28)36(45)42-32-16-17-43(38(47)52-39(2,3)4)23-29(32)37(46)44(27-12-13-27)22-26-8-7-9-33(48-5)34(26)49-6/h7-11,14-15,20-21,27,29,32H,12-13,16-19,22-23H2,1-6H3,(H,42,45). The van der Waals surface area contributed by atoms with Crippen molar-refractivity contribution in [3.8, 4) is 23.0 Å². The number of hydrogen-bond donors (Lipinski definition) is 1. The Kier molecular flexibility index (Phi) is 12.7. The Bertz CT molecular complexity index is 1720. The number of para-hydroxylation sites is 1. The summed E-state index contributed by atoms with van der Waals surface area (Å²) in [7, 11) is 3.14. The lowest BCUT2D eigenvalue weighted by molar-refractivity contribution is -0.139. The van der Waals surface area contributed by atoms with Crippen molar-refractivity contribution in [2.24, 2.45) is 5.92 Å². The fourth-order valence-electron chi connectivity index (χ4n) is 6.20. The summed E-state index contributed by atoms with van der Waals surface area (Å²) < 4.78 is 28.4. The van der Waals surface area contributed by atoms with Gasteiger partial charge in [0.2, 0.25) is 5.91 Å². The topological polar surface area (TPSA) is 116 Å². The predicted molar refractivity (Wildman–Crippen MR) is 199 cm³/mol. The van der Waals surface area contributed by atoms with Gasteiger partial charge in [0.05, 0.1) is 30.2 Å². The van der Waals surface area contributed by atoms with Crippen LogP contribution in [-0.4, -0.2) is 85.9 Å². The number of piperidine rings is 1. The molecule has 2 fully saturated rings. The van der Waals surface area contributed by atoms with Crippen molar-refractivity contribution in [3.63, 3.8) is 0 Å². The molecule has 2 aliphatic rings. The number of benzene rings is 3. The SMILES string of the molecule is COc1cccc(CN(C(=O)C2CN(C(=O)OC(C)(C)C)CCC2NC(=O)c2ccc(OCCOc3c(Cl)cc(C)cc3Cl)cc2)C2CC2)c1OC. The first-order chi connectivity index (χ1) is 24.8. The summed E-state index contributed by atoms with van der Waals surface area (Å²) >= 11 is 12.5. The molecule has 1 saturated heterocycles. The molecule has 0 spiro atoms. The highest BCUT2D eigenvalue weighted by molar-refractivity contribution is 6.37. The highest BCUT2D eigenvalue weighted by Gasteiger charge is 2.43. The van der Waals surface area contributed by atoms with E-state index in [1.54, 1.807) is 76.3 Å². The van der Waals surface area contributed by atoms with Crippen LogP contribution >= 0.6 is 23.2 Å². The number of ether oxygens (including phenoxy) is 5. The quantitative estimate of drug-likeness (QED) is 0.181. The molecule has 0 radical (unpaired) electrons. The van der Waals surface area contributed by atoms with E-state index in [1.165, 1.54) is 0 Å². The Morgan fingerprint density at radius 1 is 0.904 bits per heavy atom. The molecule has 11 nitrogen and oxygen atoms in total. The third-order valence-electron chi connectivity index (χ3n) is 8.85. The molecule has 2 unspecified atom stereocenters. The van der Waals surface area contributed by atoms with Gasteiger partial charge >= 0.3 is 6.09 Å². The van der Waals surface area contributed by atoms with Crippen LogP contribution in [-0.2, 0) is 16.1 Å². The number of hydrogen-bond acceptors (Lipinski definition) is 8. The van der Waals surface area contributed by atoms with Crippen LogP contribution in [0.25, 0.3) is 0 Å². The number of methoxy groups -OCH3 is 2. The number of halogens is 2. The zero-order valence-electron chi connectivity index (χ0n) is 30.5. The summed E-state index contributed by atoms with van der Waals surface area (Å²) in [5, 5.41) is 3.96. The highest BCUT2D eigenvalue weighted by Crippen LogP contribution is 2.37. The molecule has 1 N–H and O–H groups in total. The van der Waals surface area contributed by atoms with Gasteiger partial charge in [0.1, 0.15) is 24.6 Å². The molecule has 1 aliphatic heterocycles. The largest absolute Gasteiger partial charge is 0.493 e. The summed E-state index contributed by atoms with van der Waals surface area (Å²) in [6, 6.07) is 15.4. The van der Waals surface area contributed by atoms with Crippen LogP contribution in [0, 0.1) is 12.8 Å². The van der Waals surface area contributed by atoms with Crippen LogP contribution < -0.4 is 24.3 Å². The maximum Gasteiger partial charge on any atom is 0.410 e. The zero-order valence-corrected chi connectivity index (χ0v) is 32.0. The van der Waals surface area contributed by atoms with Crippen molar-refractivity contribution < 1.29 is 38.1 Å². The van der Waals surface area contributed by atoms with Crippen LogP contribution in [0.4, 0.5) is 4.79 Å². The van der Waals surface area contributed by atoms with E-state index in [2.05, 4.69) is 5.32 Å². The third-order valence-corrected chi connectivity index (χ3v) is 9.41. The molecule has 1 saturated carbocycles. The van der Waals surface area contributed by atoms with Crippen LogP contribution in [0.1, 0.15) is 61.5 Å². The van der Waals surface area contributed by atoms with Crippen molar-refractivity contribution in [3.05, 3.63) is 81.3 Å². The minimum Gasteiger partial charge on any atom is -0.493 e. The molecule has 0 bridgehead atoms. The Hall–Kier alpha value is -4.35. The molecule has 5 rings (SSSR count). The first-order valence-electron chi connectivity index (χ1n) is 17.4. The minimum absolute atomic E-state index is 0.0421. The van der Waals surface area contributed by atoms with Gasteiger partial charge in [-0.25, -0.2) is 4.79 Å². The van der Waals surface area contributed by atoms with E-state index in [9.17, 15) is 14.4 Å². The predicted octanol–water partition coefficient (Wildman–Crippen LogP) is 7.32. The molecule has 1 aliphatic carbocycles. The van der Waals surface area contributed by atoms with Crippen molar-refractivity contribution in [1.82, 2.24) is 15.1 Å². The van der Waals surface area contributed by atoms with Gasteiger partial charge in [0, 0.05) is 42.8 Å². The lowest BCUT2D eigenvalue weighted by Crippen LogP contribution is -2.58. The van der Waals surface area contributed by atoms with Gasteiger partial charge in [0.15, 0.2) is 17.2 Å². The van der Waals surface area contributed by atoms with Crippen molar-refractivity contribution in [2.45, 2.75) is 71.2 Å². The van der Waals surface area contributed by atoms with Gasteiger partial charge in [-0.3, -0.25) is 9.59 Å². The average molecular weight is 757 g/mol. The Balaban J connectivity index is 1.27. The van der Waals surface area contributed by atoms with Gasteiger partial charge in [-0.05, 0) is 95.0 Å². The normalized spacial score (nSPS) is 17.2. The lowest BCUT2D eigenvalue weighted by Gasteiger charge is -2.40. The number of amides is 3. The van der Waals surface area contributed by atoms with Gasteiger partial charge in [-0.2, -0.15) is 0 Å². The first-order valence-corrected chi connectivity index (χ1v) is 18.1. The molecule has 0 aromatic heterocycles. The minimum atomic E-state index is -0.708. The Labute approximate surface area is 315 Å². The molecule has 3 aromatic rings. The average Bonchev–Trinajstić information content (AvgIpc) is 3.94. The molecule has 13 heteroatoms. The number of carbonyl (C=O) groups is 3. The highest BCUT2D eigenvalue weighted by atomic mass is 35.5. The van der Waals surface area contributed by atoms with Gasteiger partial charge in [-0.1, -0.05) is 35.3 Å². The summed E-state index contributed by atoms with van der Waals surface area (Å²) in [4.78, 5) is 44.7. The molecule has 280 valence electrons. The molecule has 2 atom stereocenters. The number of nitrogens with zero attached hydrogens (tertiary/aromatic N) is 2. The number of aryl methyl sites for hydroxylation is 1. The van der Waals surface area contributed by atoms with Gasteiger partial charge in [-0.15, -0.1) is 0 Å². The fraction of sp³-hybridized carbons (Fsp3) is 0.462. The van der Waals surface area contributed by atoms with Gasteiger partial charge in [0.25, 0.3) is 5.91 Å². The van der Waals surface area contributed by atoms with E-state index >= 15 is 0 Å².